The van der Waals surface area contributed by atoms with Crippen molar-refractivity contribution in [3.63, 3.8) is 0 Å². The number of hydrogen-bond acceptors (Lipinski definition) is 2. The van der Waals surface area contributed by atoms with Crippen LogP contribution in [0.15, 0.2) is 0 Å². The molecule has 0 aromatic rings. The molecule has 100 valence electrons. The van der Waals surface area contributed by atoms with Gasteiger partial charge < -0.3 is 10.4 Å². The van der Waals surface area contributed by atoms with Crippen LogP contribution in [0.4, 0.5) is 0 Å². The van der Waals surface area contributed by atoms with Crippen molar-refractivity contribution in [2.24, 2.45) is 10.8 Å². The maximum Gasteiger partial charge on any atom is 0.303 e. The van der Waals surface area contributed by atoms with E-state index >= 15 is 0 Å². The second-order valence-electron chi connectivity index (χ2n) is 6.57. The molecule has 17 heavy (non-hydrogen) atoms. The summed E-state index contributed by atoms with van der Waals surface area (Å²) in [5.41, 5.74) is -0.290. The zero-order chi connectivity index (χ0) is 13.7. The summed E-state index contributed by atoms with van der Waals surface area (Å²) >= 11 is 0. The van der Waals surface area contributed by atoms with Gasteiger partial charge in [-0.25, -0.2) is 0 Å². The van der Waals surface area contributed by atoms with Gasteiger partial charge in [-0.15, -0.1) is 0 Å². The SMILES string of the molecule is CC(C)(C)CCNC(=O)CC(C)(C)CC(=O)O. The van der Waals surface area contributed by atoms with Crippen molar-refractivity contribution in [2.75, 3.05) is 6.54 Å². The van der Waals surface area contributed by atoms with Crippen molar-refractivity contribution in [1.29, 1.82) is 0 Å². The molecule has 0 radical (unpaired) electrons. The van der Waals surface area contributed by atoms with Crippen LogP contribution < -0.4 is 5.32 Å². The number of carbonyl (C=O) groups excluding carboxylic acids is 1. The molecule has 0 bridgehead atoms. The van der Waals surface area contributed by atoms with Gasteiger partial charge in [-0.3, -0.25) is 9.59 Å². The van der Waals surface area contributed by atoms with Crippen LogP contribution in [-0.2, 0) is 9.59 Å². The summed E-state index contributed by atoms with van der Waals surface area (Å²) in [7, 11) is 0. The molecule has 0 saturated heterocycles. The predicted molar refractivity (Wildman–Crippen MR) is 67.7 cm³/mol. The minimum Gasteiger partial charge on any atom is -0.481 e. The van der Waals surface area contributed by atoms with Gasteiger partial charge in [0.2, 0.25) is 5.91 Å². The number of rotatable bonds is 6. The second kappa shape index (κ2) is 6.03. The summed E-state index contributed by atoms with van der Waals surface area (Å²) in [6, 6.07) is 0. The third-order valence-electron chi connectivity index (χ3n) is 2.47. The Labute approximate surface area is 104 Å². The summed E-state index contributed by atoms with van der Waals surface area (Å²) in [4.78, 5) is 22.2. The van der Waals surface area contributed by atoms with Gasteiger partial charge in [-0.2, -0.15) is 0 Å². The highest BCUT2D eigenvalue weighted by Crippen LogP contribution is 2.24. The zero-order valence-electron chi connectivity index (χ0n) is 11.6. The van der Waals surface area contributed by atoms with Gasteiger partial charge in [0.15, 0.2) is 0 Å². The van der Waals surface area contributed by atoms with Crippen LogP contribution in [0.2, 0.25) is 0 Å². The van der Waals surface area contributed by atoms with Gasteiger partial charge in [0.1, 0.15) is 0 Å². The van der Waals surface area contributed by atoms with Crippen molar-refractivity contribution in [3.8, 4) is 0 Å². The molecule has 0 saturated carbocycles. The molecule has 0 atom stereocenters. The molecule has 0 fully saturated rings. The third-order valence-corrected chi connectivity index (χ3v) is 2.47. The highest BCUT2D eigenvalue weighted by Gasteiger charge is 2.25. The Morgan fingerprint density at radius 1 is 1.06 bits per heavy atom. The first-order valence-corrected chi connectivity index (χ1v) is 6.00. The molecule has 2 N–H and O–H groups in total. The molecular formula is C13H25NO3. The van der Waals surface area contributed by atoms with E-state index in [1.165, 1.54) is 0 Å². The number of carbonyl (C=O) groups is 2. The summed E-state index contributed by atoms with van der Waals surface area (Å²) in [6.07, 6.45) is 1.18. The van der Waals surface area contributed by atoms with Gasteiger partial charge in [0.05, 0.1) is 6.42 Å². The molecule has 0 aliphatic carbocycles. The van der Waals surface area contributed by atoms with Crippen LogP contribution in [0.3, 0.4) is 0 Å². The minimum absolute atomic E-state index is 0.0136. The summed E-state index contributed by atoms with van der Waals surface area (Å²) in [5.74, 6) is -0.932. The van der Waals surface area contributed by atoms with Crippen molar-refractivity contribution in [3.05, 3.63) is 0 Å². The second-order valence-corrected chi connectivity index (χ2v) is 6.57. The normalized spacial score (nSPS) is 12.3. The van der Waals surface area contributed by atoms with Gasteiger partial charge in [-0.05, 0) is 17.3 Å². The Kier molecular flexibility index (Phi) is 5.66. The smallest absolute Gasteiger partial charge is 0.303 e. The molecule has 0 unspecified atom stereocenters. The molecule has 0 aliphatic rings. The first-order chi connectivity index (χ1) is 7.52. The van der Waals surface area contributed by atoms with Crippen molar-refractivity contribution >= 4 is 11.9 Å². The highest BCUT2D eigenvalue weighted by atomic mass is 16.4. The van der Waals surface area contributed by atoms with Gasteiger partial charge >= 0.3 is 5.97 Å². The topological polar surface area (TPSA) is 66.4 Å². The third kappa shape index (κ3) is 9.85. The lowest BCUT2D eigenvalue weighted by molar-refractivity contribution is -0.139. The van der Waals surface area contributed by atoms with E-state index < -0.39 is 11.4 Å². The number of carboxylic acid groups (broad SMARTS) is 1. The Bertz CT molecular complexity index is 277. The average molecular weight is 243 g/mol. The van der Waals surface area contributed by atoms with E-state index in [0.29, 0.717) is 6.54 Å². The average Bonchev–Trinajstić information content (AvgIpc) is 1.95. The molecule has 4 nitrogen and oxygen atoms in total. The number of hydrogen-bond donors (Lipinski definition) is 2. The first-order valence-electron chi connectivity index (χ1n) is 6.00. The molecule has 4 heteroatoms. The fourth-order valence-corrected chi connectivity index (χ4v) is 1.55. The number of amides is 1. The van der Waals surface area contributed by atoms with Crippen LogP contribution in [0.1, 0.15) is 53.9 Å². The number of carboxylic acids is 1. The van der Waals surface area contributed by atoms with Crippen molar-refractivity contribution in [1.82, 2.24) is 5.32 Å². The summed E-state index contributed by atoms with van der Waals surface area (Å²) in [6.45, 7) is 10.6. The first kappa shape index (κ1) is 15.9. The minimum atomic E-state index is -0.863. The molecule has 0 heterocycles. The van der Waals surface area contributed by atoms with Crippen LogP contribution in [-0.4, -0.2) is 23.5 Å². The highest BCUT2D eigenvalue weighted by molar-refractivity contribution is 5.77. The lowest BCUT2D eigenvalue weighted by Crippen LogP contribution is -2.32. The van der Waals surface area contributed by atoms with E-state index in [2.05, 4.69) is 26.1 Å². The Balaban J connectivity index is 3.97. The van der Waals surface area contributed by atoms with Crippen molar-refractivity contribution < 1.29 is 14.7 Å². The van der Waals surface area contributed by atoms with Crippen LogP contribution in [0.5, 0.6) is 0 Å². The molecule has 1 amide bonds. The Hall–Kier alpha value is -1.06. The number of aliphatic carboxylic acids is 1. The van der Waals surface area contributed by atoms with E-state index in [-0.39, 0.29) is 24.2 Å². The standard InChI is InChI=1S/C13H25NO3/c1-12(2,3)6-7-14-10(15)8-13(4,5)9-11(16)17/h6-9H2,1-5H3,(H,14,15)(H,16,17). The van der Waals surface area contributed by atoms with Gasteiger partial charge in [0.25, 0.3) is 0 Å². The molecule has 0 aromatic carbocycles. The van der Waals surface area contributed by atoms with Crippen molar-refractivity contribution in [2.45, 2.75) is 53.9 Å². The monoisotopic (exact) mass is 243 g/mol. The van der Waals surface area contributed by atoms with E-state index in [4.69, 9.17) is 5.11 Å². The lowest BCUT2D eigenvalue weighted by Gasteiger charge is -2.22. The summed E-state index contributed by atoms with van der Waals surface area (Å²) in [5, 5.41) is 11.5. The molecular weight excluding hydrogens is 218 g/mol. The lowest BCUT2D eigenvalue weighted by atomic mass is 9.85. The Morgan fingerprint density at radius 2 is 1.59 bits per heavy atom. The molecule has 0 aromatic heterocycles. The van der Waals surface area contributed by atoms with Gasteiger partial charge in [-0.1, -0.05) is 34.6 Å². The predicted octanol–water partition coefficient (Wildman–Crippen LogP) is 2.43. The summed E-state index contributed by atoms with van der Waals surface area (Å²) < 4.78 is 0. The molecule has 0 spiro atoms. The van der Waals surface area contributed by atoms with Crippen LogP contribution in [0, 0.1) is 10.8 Å². The Morgan fingerprint density at radius 3 is 2.00 bits per heavy atom. The zero-order valence-corrected chi connectivity index (χ0v) is 11.6. The fraction of sp³-hybridized carbons (Fsp3) is 0.846. The van der Waals surface area contributed by atoms with E-state index in [1.807, 2.05) is 0 Å². The van der Waals surface area contributed by atoms with Gasteiger partial charge in [0, 0.05) is 13.0 Å². The fourth-order valence-electron chi connectivity index (χ4n) is 1.55. The largest absolute Gasteiger partial charge is 0.481 e. The number of nitrogens with one attached hydrogen (secondary N) is 1. The maximum absolute atomic E-state index is 11.6. The quantitative estimate of drug-likeness (QED) is 0.753. The maximum atomic E-state index is 11.6. The van der Waals surface area contributed by atoms with Crippen LogP contribution in [0.25, 0.3) is 0 Å². The van der Waals surface area contributed by atoms with E-state index in [1.54, 1.807) is 13.8 Å². The molecule has 0 rings (SSSR count). The van der Waals surface area contributed by atoms with E-state index in [0.717, 1.165) is 6.42 Å². The van der Waals surface area contributed by atoms with E-state index in [9.17, 15) is 9.59 Å². The van der Waals surface area contributed by atoms with Crippen LogP contribution >= 0.6 is 0 Å². The molecule has 0 aliphatic heterocycles.